The maximum atomic E-state index is 13.4. The third-order valence-corrected chi connectivity index (χ3v) is 6.09. The van der Waals surface area contributed by atoms with Gasteiger partial charge in [-0.1, -0.05) is 6.07 Å². The Morgan fingerprint density at radius 3 is 2.70 bits per heavy atom. The summed E-state index contributed by atoms with van der Waals surface area (Å²) in [4.78, 5) is 42.7. The molecule has 1 saturated heterocycles. The van der Waals surface area contributed by atoms with Crippen molar-refractivity contribution in [1.82, 2.24) is 19.8 Å². The molecule has 2 heterocycles. The summed E-state index contributed by atoms with van der Waals surface area (Å²) in [5.41, 5.74) is 2.19. The molecule has 2 fully saturated rings. The highest BCUT2D eigenvalue weighted by Gasteiger charge is 2.27. The first-order valence-electron chi connectivity index (χ1n) is 11.0. The van der Waals surface area contributed by atoms with Gasteiger partial charge >= 0.3 is 6.09 Å². The third-order valence-electron chi connectivity index (χ3n) is 6.09. The number of nitrogens with zero attached hydrogens (tertiary/aromatic N) is 3. The molecule has 2 N–H and O–H groups in total. The number of likely N-dealkylation sites (tertiary alicyclic amines) is 1. The smallest absolute Gasteiger partial charge is 0.407 e. The molecule has 9 heteroatoms. The van der Waals surface area contributed by atoms with Crippen LogP contribution in [-0.4, -0.2) is 56.8 Å². The minimum Gasteiger partial charge on any atom is -0.488 e. The summed E-state index contributed by atoms with van der Waals surface area (Å²) in [7, 11) is 0. The molecule has 0 bridgehead atoms. The van der Waals surface area contributed by atoms with Crippen molar-refractivity contribution in [2.24, 2.45) is 0 Å². The number of carbonyl (C=O) groups excluding carboxylic acids is 1. The Kier molecular flexibility index (Phi) is 5.24. The molecule has 0 radical (unpaired) electrons. The van der Waals surface area contributed by atoms with Crippen molar-refractivity contribution in [2.75, 3.05) is 13.1 Å². The lowest BCUT2D eigenvalue weighted by Crippen LogP contribution is -2.29. The van der Waals surface area contributed by atoms with Crippen molar-refractivity contribution in [2.45, 2.75) is 38.3 Å². The topological polar surface area (TPSA) is 114 Å². The summed E-state index contributed by atoms with van der Waals surface area (Å²) >= 11 is 0. The normalized spacial score (nSPS) is 17.8. The molecule has 1 unspecified atom stereocenters. The first-order valence-corrected chi connectivity index (χ1v) is 11.0. The number of carbonyl (C=O) groups is 2. The van der Waals surface area contributed by atoms with Crippen LogP contribution in [-0.2, 0) is 0 Å². The molecule has 9 nitrogen and oxygen atoms in total. The van der Waals surface area contributed by atoms with Crippen LogP contribution < -0.4 is 15.6 Å². The third kappa shape index (κ3) is 4.26. The van der Waals surface area contributed by atoms with E-state index in [2.05, 4.69) is 10.3 Å². The van der Waals surface area contributed by atoms with E-state index in [4.69, 9.17) is 9.84 Å². The Bertz CT molecular complexity index is 1310. The van der Waals surface area contributed by atoms with Gasteiger partial charge in [0.1, 0.15) is 18.2 Å². The van der Waals surface area contributed by atoms with Crippen molar-refractivity contribution in [1.29, 1.82) is 0 Å². The molecule has 2 amide bonds. The molecular weight excluding hydrogens is 424 g/mol. The second kappa shape index (κ2) is 8.23. The fourth-order valence-corrected chi connectivity index (χ4v) is 4.04. The monoisotopic (exact) mass is 448 g/mol. The Hall–Kier alpha value is -3.88. The van der Waals surface area contributed by atoms with E-state index in [-0.39, 0.29) is 23.6 Å². The molecule has 2 aromatic carbocycles. The van der Waals surface area contributed by atoms with E-state index in [0.717, 1.165) is 18.4 Å². The lowest BCUT2D eigenvalue weighted by atomic mass is 10.1. The predicted octanol–water partition coefficient (Wildman–Crippen LogP) is 2.72. The van der Waals surface area contributed by atoms with Gasteiger partial charge in [-0.3, -0.25) is 14.2 Å². The number of fused-ring (bicyclic) bond motifs is 1. The van der Waals surface area contributed by atoms with Crippen molar-refractivity contribution in [3.8, 4) is 11.4 Å². The Labute approximate surface area is 189 Å². The van der Waals surface area contributed by atoms with Gasteiger partial charge in [0.05, 0.1) is 23.1 Å². The highest BCUT2D eigenvalue weighted by molar-refractivity contribution is 5.95. The Morgan fingerprint density at radius 1 is 1.15 bits per heavy atom. The largest absolute Gasteiger partial charge is 0.488 e. The molecule has 2 aliphatic rings. The fraction of sp³-hybridized carbons (Fsp3) is 0.333. The van der Waals surface area contributed by atoms with E-state index in [1.54, 1.807) is 30.3 Å². The minimum atomic E-state index is -0.963. The highest BCUT2D eigenvalue weighted by atomic mass is 16.5. The summed E-state index contributed by atoms with van der Waals surface area (Å²) in [6, 6.07) is 10.6. The lowest BCUT2D eigenvalue weighted by molar-refractivity contribution is 0.0951. The second-order valence-corrected chi connectivity index (χ2v) is 8.60. The molecule has 3 aromatic rings. The average molecular weight is 448 g/mol. The van der Waals surface area contributed by atoms with Crippen molar-refractivity contribution >= 4 is 22.9 Å². The maximum Gasteiger partial charge on any atom is 0.407 e. The van der Waals surface area contributed by atoms with E-state index < -0.39 is 6.09 Å². The van der Waals surface area contributed by atoms with E-state index in [1.165, 1.54) is 15.8 Å². The van der Waals surface area contributed by atoms with Crippen LogP contribution in [0, 0.1) is 6.92 Å². The van der Waals surface area contributed by atoms with E-state index in [0.29, 0.717) is 47.4 Å². The number of nitrogens with one attached hydrogen (secondary N) is 1. The van der Waals surface area contributed by atoms with Gasteiger partial charge in [-0.15, -0.1) is 0 Å². The molecule has 1 aromatic heterocycles. The van der Waals surface area contributed by atoms with Crippen molar-refractivity contribution in [3.63, 3.8) is 0 Å². The predicted molar refractivity (Wildman–Crippen MR) is 121 cm³/mol. The van der Waals surface area contributed by atoms with Crippen LogP contribution in [0.15, 0.2) is 47.5 Å². The zero-order valence-electron chi connectivity index (χ0n) is 18.2. The molecule has 5 rings (SSSR count). The summed E-state index contributed by atoms with van der Waals surface area (Å²) in [5, 5.41) is 12.5. The molecule has 1 aliphatic carbocycles. The van der Waals surface area contributed by atoms with Crippen LogP contribution in [0.5, 0.6) is 5.75 Å². The Morgan fingerprint density at radius 2 is 1.97 bits per heavy atom. The zero-order valence-corrected chi connectivity index (χ0v) is 18.2. The maximum absolute atomic E-state index is 13.4. The van der Waals surface area contributed by atoms with Gasteiger partial charge in [0.25, 0.3) is 11.5 Å². The summed E-state index contributed by atoms with van der Waals surface area (Å²) < 4.78 is 7.39. The van der Waals surface area contributed by atoms with Crippen LogP contribution in [0.25, 0.3) is 16.6 Å². The first-order chi connectivity index (χ1) is 15.9. The number of benzene rings is 2. The van der Waals surface area contributed by atoms with Gasteiger partial charge in [-0.05, 0) is 55.7 Å². The Balaban J connectivity index is 1.46. The van der Waals surface area contributed by atoms with Gasteiger partial charge in [-0.2, -0.15) is 0 Å². The van der Waals surface area contributed by atoms with Gasteiger partial charge < -0.3 is 20.1 Å². The highest BCUT2D eigenvalue weighted by Crippen LogP contribution is 2.23. The van der Waals surface area contributed by atoms with Crippen LogP contribution in [0.4, 0.5) is 4.79 Å². The molecule has 1 atom stereocenters. The lowest BCUT2D eigenvalue weighted by Gasteiger charge is -2.15. The number of aryl methyl sites for hydroxylation is 1. The zero-order chi connectivity index (χ0) is 23.1. The van der Waals surface area contributed by atoms with Crippen LogP contribution in [0.1, 0.15) is 35.2 Å². The standard InChI is InChI=1S/C24H24N4O5/c1-14-2-3-15(22(29)26-16-4-5-16)10-21(14)28-13-25-20-7-6-17(11-19(20)23(28)30)33-18-8-9-27(12-18)24(31)32/h2-3,6-7,10-11,13,16,18H,4-5,8-9,12H2,1H3,(H,26,29)(H,31,32). The minimum absolute atomic E-state index is 0.150. The molecule has 1 saturated carbocycles. The number of rotatable bonds is 5. The molecule has 0 spiro atoms. The molecule has 33 heavy (non-hydrogen) atoms. The van der Waals surface area contributed by atoms with Crippen LogP contribution in [0.2, 0.25) is 0 Å². The molecular formula is C24H24N4O5. The summed E-state index contributed by atoms with van der Waals surface area (Å²) in [5.74, 6) is 0.342. The quantitative estimate of drug-likeness (QED) is 0.620. The summed E-state index contributed by atoms with van der Waals surface area (Å²) in [6.45, 7) is 2.59. The van der Waals surface area contributed by atoms with Gasteiger partial charge in [0.15, 0.2) is 0 Å². The number of hydrogen-bond acceptors (Lipinski definition) is 5. The van der Waals surface area contributed by atoms with Gasteiger partial charge in [0.2, 0.25) is 0 Å². The van der Waals surface area contributed by atoms with Crippen molar-refractivity contribution in [3.05, 3.63) is 64.2 Å². The summed E-state index contributed by atoms with van der Waals surface area (Å²) in [6.07, 6.45) is 2.83. The number of carboxylic acid groups (broad SMARTS) is 1. The number of aromatic nitrogens is 2. The van der Waals surface area contributed by atoms with E-state index in [1.807, 2.05) is 13.0 Å². The average Bonchev–Trinajstić information content (AvgIpc) is 3.48. The number of hydrogen-bond donors (Lipinski definition) is 2. The SMILES string of the molecule is Cc1ccc(C(=O)NC2CC2)cc1-n1cnc2ccc(OC3CCN(C(=O)O)C3)cc2c1=O. The number of amides is 2. The second-order valence-electron chi connectivity index (χ2n) is 8.60. The van der Waals surface area contributed by atoms with Crippen molar-refractivity contribution < 1.29 is 19.4 Å². The molecule has 1 aliphatic heterocycles. The van der Waals surface area contributed by atoms with Crippen LogP contribution in [0.3, 0.4) is 0 Å². The fourth-order valence-electron chi connectivity index (χ4n) is 4.04. The molecule has 170 valence electrons. The first kappa shape index (κ1) is 21.0. The van der Waals surface area contributed by atoms with E-state index in [9.17, 15) is 14.4 Å². The van der Waals surface area contributed by atoms with Crippen LogP contribution >= 0.6 is 0 Å². The van der Waals surface area contributed by atoms with Gasteiger partial charge in [0, 0.05) is 24.6 Å². The number of ether oxygens (including phenoxy) is 1. The van der Waals surface area contributed by atoms with Gasteiger partial charge in [-0.25, -0.2) is 9.78 Å². The van der Waals surface area contributed by atoms with E-state index >= 15 is 0 Å².